The Bertz CT molecular complexity index is 1060. The van der Waals surface area contributed by atoms with Crippen molar-refractivity contribution in [2.75, 3.05) is 14.2 Å². The summed E-state index contributed by atoms with van der Waals surface area (Å²) in [6, 6.07) is 2.96. The second-order valence-corrected chi connectivity index (χ2v) is 6.76. The lowest BCUT2D eigenvalue weighted by Crippen LogP contribution is -2.28. The molecule has 0 aliphatic carbocycles. The molecule has 12 heteroatoms. The standard InChI is InChI=1S/C12H13NO5.C7H7NO5/c1-12(2)5-4-7-10(14)9(17-3)6-8(13(15)16)11(7)18-12;1-13-7-2-4(8(11)12)5(9)3-6(7)10/h4-6,14H,1-3H3;2-3,9-10H,1H3. The van der Waals surface area contributed by atoms with Crippen molar-refractivity contribution in [2.24, 2.45) is 0 Å². The van der Waals surface area contributed by atoms with Crippen LogP contribution in [0.1, 0.15) is 19.4 Å². The van der Waals surface area contributed by atoms with E-state index in [1.165, 1.54) is 14.2 Å². The van der Waals surface area contributed by atoms with E-state index in [1.807, 2.05) is 0 Å². The first kappa shape index (κ1) is 23.1. The Labute approximate surface area is 175 Å². The van der Waals surface area contributed by atoms with Crippen LogP contribution in [0.2, 0.25) is 0 Å². The molecule has 0 saturated carbocycles. The van der Waals surface area contributed by atoms with Gasteiger partial charge in [0.2, 0.25) is 5.75 Å². The van der Waals surface area contributed by atoms with Gasteiger partial charge in [0, 0.05) is 6.07 Å². The largest absolute Gasteiger partial charge is 0.504 e. The monoisotopic (exact) mass is 436 g/mol. The van der Waals surface area contributed by atoms with Gasteiger partial charge >= 0.3 is 11.4 Å². The van der Waals surface area contributed by atoms with Crippen molar-refractivity contribution in [3.8, 4) is 34.5 Å². The molecular formula is C19H20N2O10. The van der Waals surface area contributed by atoms with Crippen molar-refractivity contribution in [2.45, 2.75) is 19.4 Å². The molecule has 3 rings (SSSR count). The summed E-state index contributed by atoms with van der Waals surface area (Å²) in [5.74, 6) is -1.04. The minimum absolute atomic E-state index is 0.0495. The molecule has 0 bridgehead atoms. The molecule has 0 fully saturated rings. The number of nitro groups is 2. The number of hydrogen-bond donors (Lipinski definition) is 3. The molecule has 166 valence electrons. The number of fused-ring (bicyclic) bond motifs is 1. The molecular weight excluding hydrogens is 416 g/mol. The number of hydrogen-bond acceptors (Lipinski definition) is 10. The predicted molar refractivity (Wildman–Crippen MR) is 108 cm³/mol. The molecule has 0 radical (unpaired) electrons. The first-order valence-electron chi connectivity index (χ1n) is 8.62. The van der Waals surface area contributed by atoms with E-state index in [0.717, 1.165) is 18.2 Å². The summed E-state index contributed by atoms with van der Waals surface area (Å²) in [7, 11) is 2.60. The SMILES string of the molecule is COc1cc([N+](=O)[O-])c(O)cc1O.COc1cc([N+](=O)[O-])c2c(c1O)C=CC(C)(C)O2. The second kappa shape index (κ2) is 8.65. The molecule has 1 aliphatic rings. The Morgan fingerprint density at radius 2 is 1.45 bits per heavy atom. The van der Waals surface area contributed by atoms with Crippen LogP contribution in [0.15, 0.2) is 24.3 Å². The average molecular weight is 436 g/mol. The normalized spacial score (nSPS) is 13.2. The predicted octanol–water partition coefficient (Wildman–Crippen LogP) is 3.51. The Hall–Kier alpha value is -4.22. The maximum absolute atomic E-state index is 11.0. The number of nitrogens with zero attached hydrogens (tertiary/aromatic N) is 2. The van der Waals surface area contributed by atoms with Crippen LogP contribution in [0.3, 0.4) is 0 Å². The smallest absolute Gasteiger partial charge is 0.315 e. The van der Waals surface area contributed by atoms with Crippen LogP contribution >= 0.6 is 0 Å². The number of phenolic OH excluding ortho intramolecular Hbond substituents is 3. The highest BCUT2D eigenvalue weighted by Gasteiger charge is 2.32. The number of aromatic hydroxyl groups is 3. The van der Waals surface area contributed by atoms with E-state index in [2.05, 4.69) is 4.74 Å². The van der Waals surface area contributed by atoms with E-state index in [9.17, 15) is 25.3 Å². The maximum Gasteiger partial charge on any atom is 0.315 e. The van der Waals surface area contributed by atoms with Gasteiger partial charge in [0.05, 0.1) is 41.8 Å². The fraction of sp³-hybridized carbons (Fsp3) is 0.263. The van der Waals surface area contributed by atoms with Crippen molar-refractivity contribution in [1.29, 1.82) is 0 Å². The Morgan fingerprint density at radius 3 is 1.97 bits per heavy atom. The van der Waals surface area contributed by atoms with E-state index in [0.29, 0.717) is 0 Å². The molecule has 31 heavy (non-hydrogen) atoms. The van der Waals surface area contributed by atoms with Gasteiger partial charge in [0.25, 0.3) is 0 Å². The maximum atomic E-state index is 11.0. The lowest BCUT2D eigenvalue weighted by atomic mass is 10.0. The zero-order chi connectivity index (χ0) is 23.5. The highest BCUT2D eigenvalue weighted by Crippen LogP contribution is 2.47. The third kappa shape index (κ3) is 4.86. The Morgan fingerprint density at radius 1 is 0.903 bits per heavy atom. The molecule has 0 aromatic heterocycles. The highest BCUT2D eigenvalue weighted by atomic mass is 16.6. The van der Waals surface area contributed by atoms with E-state index in [4.69, 9.17) is 19.7 Å². The molecule has 2 aromatic rings. The van der Waals surface area contributed by atoms with Crippen LogP contribution in [0.4, 0.5) is 11.4 Å². The molecule has 1 aliphatic heterocycles. The fourth-order valence-electron chi connectivity index (χ4n) is 2.63. The highest BCUT2D eigenvalue weighted by molar-refractivity contribution is 5.76. The van der Waals surface area contributed by atoms with Crippen molar-refractivity contribution < 1.29 is 39.4 Å². The first-order chi connectivity index (χ1) is 14.4. The summed E-state index contributed by atoms with van der Waals surface area (Å²) in [6.07, 6.45) is 3.32. The number of ether oxygens (including phenoxy) is 3. The van der Waals surface area contributed by atoms with Gasteiger partial charge in [-0.1, -0.05) is 0 Å². The summed E-state index contributed by atoms with van der Waals surface area (Å²) in [4.78, 5) is 20.0. The van der Waals surface area contributed by atoms with Gasteiger partial charge in [-0.3, -0.25) is 20.2 Å². The van der Waals surface area contributed by atoms with Gasteiger partial charge < -0.3 is 29.5 Å². The van der Waals surface area contributed by atoms with Gasteiger partial charge in [-0.25, -0.2) is 0 Å². The lowest BCUT2D eigenvalue weighted by Gasteiger charge is -2.28. The van der Waals surface area contributed by atoms with Gasteiger partial charge in [0.1, 0.15) is 5.60 Å². The number of rotatable bonds is 4. The van der Waals surface area contributed by atoms with Crippen molar-refractivity contribution >= 4 is 17.5 Å². The van der Waals surface area contributed by atoms with Crippen molar-refractivity contribution in [3.05, 3.63) is 50.1 Å². The average Bonchev–Trinajstić information content (AvgIpc) is 2.67. The van der Waals surface area contributed by atoms with Gasteiger partial charge in [0.15, 0.2) is 28.7 Å². The van der Waals surface area contributed by atoms with Gasteiger partial charge in [-0.2, -0.15) is 0 Å². The molecule has 2 aromatic carbocycles. The lowest BCUT2D eigenvalue weighted by molar-refractivity contribution is -0.386. The van der Waals surface area contributed by atoms with Crippen molar-refractivity contribution in [3.63, 3.8) is 0 Å². The van der Waals surface area contributed by atoms with E-state index in [1.54, 1.807) is 26.0 Å². The molecule has 0 atom stereocenters. The zero-order valence-corrected chi connectivity index (χ0v) is 17.0. The van der Waals surface area contributed by atoms with Crippen LogP contribution in [-0.4, -0.2) is 45.0 Å². The number of benzene rings is 2. The number of nitro benzene ring substituents is 2. The van der Waals surface area contributed by atoms with Gasteiger partial charge in [-0.05, 0) is 26.0 Å². The van der Waals surface area contributed by atoms with Crippen LogP contribution in [0.25, 0.3) is 6.08 Å². The zero-order valence-electron chi connectivity index (χ0n) is 17.0. The molecule has 0 saturated heterocycles. The molecule has 12 nitrogen and oxygen atoms in total. The molecule has 0 unspecified atom stereocenters. The van der Waals surface area contributed by atoms with E-state index >= 15 is 0 Å². The first-order valence-corrected chi connectivity index (χ1v) is 8.62. The second-order valence-electron chi connectivity index (χ2n) is 6.76. The summed E-state index contributed by atoms with van der Waals surface area (Å²) < 4.78 is 15.1. The van der Waals surface area contributed by atoms with E-state index < -0.39 is 26.9 Å². The van der Waals surface area contributed by atoms with Crippen LogP contribution in [-0.2, 0) is 0 Å². The fourth-order valence-corrected chi connectivity index (χ4v) is 2.63. The molecule has 0 amide bonds. The number of phenols is 3. The minimum Gasteiger partial charge on any atom is -0.504 e. The summed E-state index contributed by atoms with van der Waals surface area (Å²) >= 11 is 0. The summed E-state index contributed by atoms with van der Waals surface area (Å²) in [5.41, 5.74) is -1.12. The van der Waals surface area contributed by atoms with Crippen molar-refractivity contribution in [1.82, 2.24) is 0 Å². The van der Waals surface area contributed by atoms with Crippen LogP contribution < -0.4 is 14.2 Å². The van der Waals surface area contributed by atoms with Crippen LogP contribution in [0, 0.1) is 20.2 Å². The number of methoxy groups -OCH3 is 2. The topological polar surface area (TPSA) is 175 Å². The third-order valence-electron chi connectivity index (χ3n) is 4.14. The molecule has 3 N–H and O–H groups in total. The van der Waals surface area contributed by atoms with Crippen LogP contribution in [0.5, 0.6) is 34.5 Å². The quantitative estimate of drug-likeness (QED) is 0.475. The summed E-state index contributed by atoms with van der Waals surface area (Å²) in [6.45, 7) is 3.55. The molecule has 1 heterocycles. The minimum atomic E-state index is -0.767. The van der Waals surface area contributed by atoms with E-state index in [-0.39, 0.29) is 40.0 Å². The third-order valence-corrected chi connectivity index (χ3v) is 4.14. The summed E-state index contributed by atoms with van der Waals surface area (Å²) in [5, 5.41) is 49.4. The van der Waals surface area contributed by atoms with Gasteiger partial charge in [-0.15, -0.1) is 0 Å². The Balaban J connectivity index is 0.000000233. The molecule has 0 spiro atoms. The Kier molecular flexibility index (Phi) is 6.44.